The highest BCUT2D eigenvalue weighted by Crippen LogP contribution is 2.35. The molecule has 0 radical (unpaired) electrons. The third kappa shape index (κ3) is 2.24. The smallest absolute Gasteiger partial charge is 0.125 e. The molecule has 0 spiro atoms. The Morgan fingerprint density at radius 3 is 2.56 bits per heavy atom. The first-order chi connectivity index (χ1) is 8.83. The van der Waals surface area contributed by atoms with Crippen molar-refractivity contribution >= 4 is 0 Å². The van der Waals surface area contributed by atoms with Gasteiger partial charge in [-0.05, 0) is 11.6 Å². The molecule has 0 aliphatic carbocycles. The fourth-order valence-electron chi connectivity index (χ4n) is 2.47. The Balaban J connectivity index is 1.78. The van der Waals surface area contributed by atoms with Crippen molar-refractivity contribution in [1.82, 2.24) is 0 Å². The van der Waals surface area contributed by atoms with Crippen LogP contribution in [0.1, 0.15) is 23.7 Å². The van der Waals surface area contributed by atoms with Gasteiger partial charge in [0.15, 0.2) is 0 Å². The molecule has 2 aromatic carbocycles. The maximum absolute atomic E-state index is 10.1. The molecule has 1 heterocycles. The first-order valence-corrected chi connectivity index (χ1v) is 6.30. The third-order valence-corrected chi connectivity index (χ3v) is 3.36. The van der Waals surface area contributed by atoms with Gasteiger partial charge < -0.3 is 9.84 Å². The average molecular weight is 240 g/mol. The van der Waals surface area contributed by atoms with Crippen molar-refractivity contribution in [2.24, 2.45) is 0 Å². The van der Waals surface area contributed by atoms with E-state index in [1.54, 1.807) is 0 Å². The summed E-state index contributed by atoms with van der Waals surface area (Å²) in [6.45, 7) is 0. The van der Waals surface area contributed by atoms with Gasteiger partial charge in [-0.1, -0.05) is 48.5 Å². The maximum Gasteiger partial charge on any atom is 0.125 e. The molecule has 1 aliphatic rings. The molecule has 0 aromatic heterocycles. The van der Waals surface area contributed by atoms with Gasteiger partial charge in [-0.25, -0.2) is 0 Å². The number of para-hydroxylation sites is 1. The number of aliphatic hydroxyl groups excluding tert-OH is 1. The number of rotatable bonds is 2. The lowest BCUT2D eigenvalue weighted by Gasteiger charge is -2.29. The molecular weight excluding hydrogens is 224 g/mol. The van der Waals surface area contributed by atoms with Gasteiger partial charge in [-0.3, -0.25) is 0 Å². The Morgan fingerprint density at radius 1 is 1.00 bits per heavy atom. The van der Waals surface area contributed by atoms with Gasteiger partial charge in [0.1, 0.15) is 11.9 Å². The fraction of sp³-hybridized carbons (Fsp3) is 0.250. The topological polar surface area (TPSA) is 29.5 Å². The van der Waals surface area contributed by atoms with Gasteiger partial charge >= 0.3 is 0 Å². The summed E-state index contributed by atoms with van der Waals surface area (Å²) in [7, 11) is 0. The van der Waals surface area contributed by atoms with Crippen LogP contribution in [0.2, 0.25) is 0 Å². The lowest BCUT2D eigenvalue weighted by Crippen LogP contribution is -2.27. The van der Waals surface area contributed by atoms with Gasteiger partial charge in [0.05, 0.1) is 6.10 Å². The summed E-state index contributed by atoms with van der Waals surface area (Å²) >= 11 is 0. The van der Waals surface area contributed by atoms with E-state index in [9.17, 15) is 5.11 Å². The molecule has 0 bridgehead atoms. The molecule has 0 saturated carbocycles. The van der Waals surface area contributed by atoms with Crippen molar-refractivity contribution in [1.29, 1.82) is 0 Å². The number of fused-ring (bicyclic) bond motifs is 1. The molecule has 2 atom stereocenters. The number of hydrogen-bond acceptors (Lipinski definition) is 2. The molecular formula is C16H16O2. The SMILES string of the molecule is OC1CC(Cc2ccccc2)Oc2ccccc21. The minimum atomic E-state index is -0.413. The Labute approximate surface area is 107 Å². The van der Waals surface area contributed by atoms with Gasteiger partial charge in [0.25, 0.3) is 0 Å². The summed E-state index contributed by atoms with van der Waals surface area (Å²) in [6.07, 6.45) is 1.14. The van der Waals surface area contributed by atoms with E-state index in [0.717, 1.165) is 17.7 Å². The van der Waals surface area contributed by atoms with Gasteiger partial charge in [-0.2, -0.15) is 0 Å². The number of benzene rings is 2. The van der Waals surface area contributed by atoms with Crippen molar-refractivity contribution < 1.29 is 9.84 Å². The lowest BCUT2D eigenvalue weighted by molar-refractivity contribution is 0.0663. The summed E-state index contributed by atoms with van der Waals surface area (Å²) in [5.41, 5.74) is 2.15. The zero-order valence-electron chi connectivity index (χ0n) is 10.1. The van der Waals surface area contributed by atoms with Crippen LogP contribution in [0.4, 0.5) is 0 Å². The molecule has 1 N–H and O–H groups in total. The molecule has 92 valence electrons. The highest BCUT2D eigenvalue weighted by Gasteiger charge is 2.26. The van der Waals surface area contributed by atoms with Crippen molar-refractivity contribution in [3.8, 4) is 5.75 Å². The average Bonchev–Trinajstić information content (AvgIpc) is 2.40. The minimum absolute atomic E-state index is 0.0531. The number of ether oxygens (including phenoxy) is 1. The van der Waals surface area contributed by atoms with Crippen LogP contribution in [0, 0.1) is 0 Å². The standard InChI is InChI=1S/C16H16O2/c17-15-11-13(10-12-6-2-1-3-7-12)18-16-9-5-4-8-14(15)16/h1-9,13,15,17H,10-11H2. The van der Waals surface area contributed by atoms with Crippen molar-refractivity contribution in [2.45, 2.75) is 25.0 Å². The van der Waals surface area contributed by atoms with Crippen LogP contribution in [-0.4, -0.2) is 11.2 Å². The largest absolute Gasteiger partial charge is 0.490 e. The van der Waals surface area contributed by atoms with Crippen molar-refractivity contribution in [2.75, 3.05) is 0 Å². The van der Waals surface area contributed by atoms with Crippen LogP contribution in [0.3, 0.4) is 0 Å². The number of aliphatic hydroxyl groups is 1. The van der Waals surface area contributed by atoms with E-state index in [0.29, 0.717) is 6.42 Å². The van der Waals surface area contributed by atoms with Crippen LogP contribution in [0.5, 0.6) is 5.75 Å². The predicted molar refractivity (Wildman–Crippen MR) is 70.6 cm³/mol. The quantitative estimate of drug-likeness (QED) is 0.874. The third-order valence-electron chi connectivity index (χ3n) is 3.36. The van der Waals surface area contributed by atoms with Crippen LogP contribution in [-0.2, 0) is 6.42 Å². The Bertz CT molecular complexity index is 522. The summed E-state index contributed by atoms with van der Waals surface area (Å²) in [5, 5.41) is 10.1. The van der Waals surface area contributed by atoms with E-state index in [1.807, 2.05) is 42.5 Å². The van der Waals surface area contributed by atoms with Crippen molar-refractivity contribution in [3.63, 3.8) is 0 Å². The highest BCUT2D eigenvalue weighted by molar-refractivity contribution is 5.37. The van der Waals surface area contributed by atoms with E-state index >= 15 is 0 Å². The molecule has 2 unspecified atom stereocenters. The molecule has 2 nitrogen and oxygen atoms in total. The van der Waals surface area contributed by atoms with Crippen LogP contribution in [0.15, 0.2) is 54.6 Å². The monoisotopic (exact) mass is 240 g/mol. The zero-order chi connectivity index (χ0) is 12.4. The molecule has 3 rings (SSSR count). The summed E-state index contributed by atoms with van der Waals surface area (Å²) < 4.78 is 5.95. The fourth-order valence-corrected chi connectivity index (χ4v) is 2.47. The zero-order valence-corrected chi connectivity index (χ0v) is 10.1. The maximum atomic E-state index is 10.1. The van der Waals surface area contributed by atoms with Crippen LogP contribution in [0.25, 0.3) is 0 Å². The molecule has 0 fully saturated rings. The van der Waals surface area contributed by atoms with E-state index in [-0.39, 0.29) is 6.10 Å². The Hall–Kier alpha value is -1.80. The van der Waals surface area contributed by atoms with Crippen LogP contribution >= 0.6 is 0 Å². The molecule has 0 saturated heterocycles. The second-order valence-electron chi connectivity index (χ2n) is 4.72. The minimum Gasteiger partial charge on any atom is -0.490 e. The Morgan fingerprint density at radius 2 is 1.72 bits per heavy atom. The summed E-state index contributed by atoms with van der Waals surface area (Å²) in [4.78, 5) is 0. The summed E-state index contributed by atoms with van der Waals surface area (Å²) in [5.74, 6) is 0.817. The molecule has 2 heteroatoms. The Kier molecular flexibility index (Phi) is 3.03. The van der Waals surface area contributed by atoms with Gasteiger partial charge in [0.2, 0.25) is 0 Å². The van der Waals surface area contributed by atoms with E-state index in [4.69, 9.17) is 4.74 Å². The summed E-state index contributed by atoms with van der Waals surface area (Å²) in [6, 6.07) is 18.0. The normalized spacial score (nSPS) is 22.1. The molecule has 2 aromatic rings. The lowest BCUT2D eigenvalue weighted by atomic mass is 9.95. The van der Waals surface area contributed by atoms with E-state index in [2.05, 4.69) is 12.1 Å². The van der Waals surface area contributed by atoms with E-state index < -0.39 is 6.10 Å². The first-order valence-electron chi connectivity index (χ1n) is 6.30. The first kappa shape index (κ1) is 11.3. The second-order valence-corrected chi connectivity index (χ2v) is 4.72. The van der Waals surface area contributed by atoms with Crippen LogP contribution < -0.4 is 4.74 Å². The molecule has 1 aliphatic heterocycles. The second kappa shape index (κ2) is 4.83. The predicted octanol–water partition coefficient (Wildman–Crippen LogP) is 3.11. The van der Waals surface area contributed by atoms with E-state index in [1.165, 1.54) is 5.56 Å². The van der Waals surface area contributed by atoms with Gasteiger partial charge in [-0.15, -0.1) is 0 Å². The molecule has 18 heavy (non-hydrogen) atoms. The van der Waals surface area contributed by atoms with Gasteiger partial charge in [0, 0.05) is 18.4 Å². The van der Waals surface area contributed by atoms with Crippen molar-refractivity contribution in [3.05, 3.63) is 65.7 Å². The highest BCUT2D eigenvalue weighted by atomic mass is 16.5. The molecule has 0 amide bonds. The number of hydrogen-bond donors (Lipinski definition) is 1.